The van der Waals surface area contributed by atoms with E-state index in [1.165, 1.54) is 7.11 Å². The van der Waals surface area contributed by atoms with Crippen molar-refractivity contribution in [1.82, 2.24) is 14.3 Å². The topological polar surface area (TPSA) is 63.9 Å². The smallest absolute Gasteiger partial charge is 0.308 e. The van der Waals surface area contributed by atoms with Gasteiger partial charge in [0.05, 0.1) is 18.7 Å². The van der Waals surface area contributed by atoms with Gasteiger partial charge in [0.2, 0.25) is 0 Å². The SMILES string of the molecule is COC(=O)C1CCN(C(=O)c2c(C)nc3ccc(Br)cn23)CC1. The van der Waals surface area contributed by atoms with Gasteiger partial charge in [-0.3, -0.25) is 14.0 Å². The van der Waals surface area contributed by atoms with Crippen LogP contribution in [0.1, 0.15) is 29.0 Å². The second-order valence-corrected chi connectivity index (χ2v) is 6.63. The van der Waals surface area contributed by atoms with Crippen molar-refractivity contribution in [2.24, 2.45) is 5.92 Å². The Morgan fingerprint density at radius 3 is 2.65 bits per heavy atom. The number of ether oxygens (including phenoxy) is 1. The van der Waals surface area contributed by atoms with Crippen LogP contribution in [-0.2, 0) is 9.53 Å². The molecule has 1 aliphatic heterocycles. The number of pyridine rings is 1. The van der Waals surface area contributed by atoms with Gasteiger partial charge in [0.1, 0.15) is 11.3 Å². The van der Waals surface area contributed by atoms with Gasteiger partial charge >= 0.3 is 5.97 Å². The molecule has 0 bridgehead atoms. The fraction of sp³-hybridized carbons (Fsp3) is 0.438. The molecule has 23 heavy (non-hydrogen) atoms. The number of carbonyl (C=O) groups excluding carboxylic acids is 2. The first-order valence-corrected chi connectivity index (χ1v) is 8.32. The van der Waals surface area contributed by atoms with Crippen LogP contribution in [0.5, 0.6) is 0 Å². The molecule has 3 heterocycles. The Labute approximate surface area is 142 Å². The molecule has 1 fully saturated rings. The number of aryl methyl sites for hydroxylation is 1. The maximum Gasteiger partial charge on any atom is 0.308 e. The number of carbonyl (C=O) groups is 2. The van der Waals surface area contributed by atoms with Gasteiger partial charge in [-0.2, -0.15) is 0 Å². The zero-order valence-corrected chi connectivity index (χ0v) is 14.7. The van der Waals surface area contributed by atoms with Crippen LogP contribution in [-0.4, -0.2) is 46.4 Å². The molecule has 3 rings (SSSR count). The first-order valence-electron chi connectivity index (χ1n) is 7.52. The number of piperidine rings is 1. The maximum atomic E-state index is 12.9. The number of rotatable bonds is 2. The van der Waals surface area contributed by atoms with Gasteiger partial charge in [-0.05, 0) is 47.8 Å². The second kappa shape index (κ2) is 6.31. The van der Waals surface area contributed by atoms with Crippen molar-refractivity contribution in [3.05, 3.63) is 34.2 Å². The molecule has 0 aliphatic carbocycles. The molecule has 0 aromatic carbocycles. The second-order valence-electron chi connectivity index (χ2n) is 5.71. The van der Waals surface area contributed by atoms with E-state index >= 15 is 0 Å². The number of amides is 1. The molecule has 2 aromatic rings. The normalized spacial score (nSPS) is 15.9. The predicted molar refractivity (Wildman–Crippen MR) is 88.3 cm³/mol. The summed E-state index contributed by atoms with van der Waals surface area (Å²) in [6.45, 7) is 2.95. The quantitative estimate of drug-likeness (QED) is 0.751. The summed E-state index contributed by atoms with van der Waals surface area (Å²) in [5.41, 5.74) is 2.04. The lowest BCUT2D eigenvalue weighted by atomic mass is 9.97. The lowest BCUT2D eigenvalue weighted by Gasteiger charge is -2.30. The van der Waals surface area contributed by atoms with E-state index in [2.05, 4.69) is 20.9 Å². The fourth-order valence-corrected chi connectivity index (χ4v) is 3.37. The Balaban J connectivity index is 1.83. The van der Waals surface area contributed by atoms with Gasteiger partial charge < -0.3 is 9.64 Å². The number of hydrogen-bond donors (Lipinski definition) is 0. The Hall–Kier alpha value is -1.89. The number of likely N-dealkylation sites (tertiary alicyclic amines) is 1. The van der Waals surface area contributed by atoms with E-state index in [0.29, 0.717) is 37.3 Å². The largest absolute Gasteiger partial charge is 0.469 e. The van der Waals surface area contributed by atoms with Crippen molar-refractivity contribution >= 4 is 33.5 Å². The molecule has 1 aliphatic rings. The van der Waals surface area contributed by atoms with Crippen molar-refractivity contribution in [3.63, 3.8) is 0 Å². The molecule has 0 radical (unpaired) electrons. The van der Waals surface area contributed by atoms with Crippen molar-refractivity contribution < 1.29 is 14.3 Å². The molecule has 122 valence electrons. The molecule has 0 atom stereocenters. The Morgan fingerprint density at radius 1 is 1.30 bits per heavy atom. The first-order chi connectivity index (χ1) is 11.0. The summed E-state index contributed by atoms with van der Waals surface area (Å²) in [5, 5.41) is 0. The highest BCUT2D eigenvalue weighted by Gasteiger charge is 2.30. The Morgan fingerprint density at radius 2 is 2.00 bits per heavy atom. The van der Waals surface area contributed by atoms with Gasteiger partial charge in [-0.25, -0.2) is 4.98 Å². The van der Waals surface area contributed by atoms with Gasteiger partial charge in [0, 0.05) is 23.8 Å². The third-order valence-electron chi connectivity index (χ3n) is 4.28. The number of imidazole rings is 1. The van der Waals surface area contributed by atoms with Gasteiger partial charge in [-0.1, -0.05) is 0 Å². The average Bonchev–Trinajstić information content (AvgIpc) is 2.88. The molecule has 0 N–H and O–H groups in total. The van der Waals surface area contributed by atoms with Crippen LogP contribution in [0.15, 0.2) is 22.8 Å². The molecule has 1 saturated heterocycles. The van der Waals surface area contributed by atoms with Gasteiger partial charge in [0.25, 0.3) is 5.91 Å². The number of fused-ring (bicyclic) bond motifs is 1. The lowest BCUT2D eigenvalue weighted by Crippen LogP contribution is -2.41. The van der Waals surface area contributed by atoms with E-state index in [4.69, 9.17) is 4.74 Å². The van der Waals surface area contributed by atoms with Gasteiger partial charge in [-0.15, -0.1) is 0 Å². The standard InChI is InChI=1S/C16H18BrN3O3/c1-10-14(20-9-12(17)3-4-13(20)18-10)15(21)19-7-5-11(6-8-19)16(22)23-2/h3-4,9,11H,5-8H2,1-2H3. The number of nitrogens with zero attached hydrogens (tertiary/aromatic N) is 3. The maximum absolute atomic E-state index is 12.9. The predicted octanol–water partition coefficient (Wildman–Crippen LogP) is 2.43. The summed E-state index contributed by atoms with van der Waals surface area (Å²) >= 11 is 3.43. The average molecular weight is 380 g/mol. The van der Waals surface area contributed by atoms with Crippen LogP contribution in [0, 0.1) is 12.8 Å². The third kappa shape index (κ3) is 2.97. The third-order valence-corrected chi connectivity index (χ3v) is 4.75. The summed E-state index contributed by atoms with van der Waals surface area (Å²) in [6, 6.07) is 3.77. The van der Waals surface area contributed by atoms with Crippen LogP contribution < -0.4 is 0 Å². The fourth-order valence-electron chi connectivity index (χ4n) is 3.03. The molecule has 1 amide bonds. The molecule has 0 saturated carbocycles. The lowest BCUT2D eigenvalue weighted by molar-refractivity contribution is -0.146. The highest BCUT2D eigenvalue weighted by Crippen LogP contribution is 2.23. The van der Waals surface area contributed by atoms with Crippen molar-refractivity contribution in [3.8, 4) is 0 Å². The van der Waals surface area contributed by atoms with E-state index < -0.39 is 0 Å². The Kier molecular flexibility index (Phi) is 4.39. The molecule has 0 spiro atoms. The van der Waals surface area contributed by atoms with Crippen LogP contribution in [0.4, 0.5) is 0 Å². The number of methoxy groups -OCH3 is 1. The summed E-state index contributed by atoms with van der Waals surface area (Å²) < 4.78 is 7.49. The highest BCUT2D eigenvalue weighted by atomic mass is 79.9. The van der Waals surface area contributed by atoms with Crippen molar-refractivity contribution in [2.45, 2.75) is 19.8 Å². The number of esters is 1. The minimum Gasteiger partial charge on any atom is -0.469 e. The van der Waals surface area contributed by atoms with Crippen LogP contribution in [0.3, 0.4) is 0 Å². The summed E-state index contributed by atoms with van der Waals surface area (Å²) in [6.07, 6.45) is 3.12. The summed E-state index contributed by atoms with van der Waals surface area (Å²) in [4.78, 5) is 30.7. The summed E-state index contributed by atoms with van der Waals surface area (Å²) in [5.74, 6) is -0.343. The van der Waals surface area contributed by atoms with E-state index in [-0.39, 0.29) is 17.8 Å². The van der Waals surface area contributed by atoms with E-state index in [9.17, 15) is 9.59 Å². The Bertz CT molecular complexity index is 763. The van der Waals surface area contributed by atoms with E-state index in [1.807, 2.05) is 29.7 Å². The molecule has 7 heteroatoms. The van der Waals surface area contributed by atoms with Crippen molar-refractivity contribution in [1.29, 1.82) is 0 Å². The molecule has 6 nitrogen and oxygen atoms in total. The van der Waals surface area contributed by atoms with E-state index in [1.54, 1.807) is 4.90 Å². The van der Waals surface area contributed by atoms with E-state index in [0.717, 1.165) is 10.1 Å². The zero-order valence-electron chi connectivity index (χ0n) is 13.1. The number of hydrogen-bond acceptors (Lipinski definition) is 4. The number of aromatic nitrogens is 2. The minimum atomic E-state index is -0.188. The zero-order chi connectivity index (χ0) is 16.6. The van der Waals surface area contributed by atoms with Gasteiger partial charge in [0.15, 0.2) is 0 Å². The van der Waals surface area contributed by atoms with Crippen molar-refractivity contribution in [2.75, 3.05) is 20.2 Å². The minimum absolute atomic E-state index is 0.0450. The highest BCUT2D eigenvalue weighted by molar-refractivity contribution is 9.10. The monoisotopic (exact) mass is 379 g/mol. The van der Waals surface area contributed by atoms with Crippen LogP contribution >= 0.6 is 15.9 Å². The molecular weight excluding hydrogens is 362 g/mol. The first kappa shape index (κ1) is 16.0. The van der Waals surface area contributed by atoms with Crippen LogP contribution in [0.2, 0.25) is 0 Å². The molecule has 2 aromatic heterocycles. The number of halogens is 1. The molecule has 0 unspecified atom stereocenters. The summed E-state index contributed by atoms with van der Waals surface area (Å²) in [7, 11) is 1.40. The van der Waals surface area contributed by atoms with Crippen LogP contribution in [0.25, 0.3) is 5.65 Å². The molecular formula is C16H18BrN3O3.